The summed E-state index contributed by atoms with van der Waals surface area (Å²) < 4.78 is 10.6. The van der Waals surface area contributed by atoms with Crippen molar-refractivity contribution in [3.05, 3.63) is 24.3 Å². The molecular formula is C18H30N2O3. The molecule has 0 heterocycles. The van der Waals surface area contributed by atoms with Gasteiger partial charge in [0, 0.05) is 13.1 Å². The molecule has 1 atom stereocenters. The molecule has 0 aromatic heterocycles. The summed E-state index contributed by atoms with van der Waals surface area (Å²) >= 11 is 0. The van der Waals surface area contributed by atoms with E-state index < -0.39 is 5.60 Å². The molecule has 1 aromatic rings. The molecule has 0 saturated carbocycles. The van der Waals surface area contributed by atoms with Crippen LogP contribution in [0.15, 0.2) is 24.3 Å². The summed E-state index contributed by atoms with van der Waals surface area (Å²) in [5, 5.41) is 6.25. The van der Waals surface area contributed by atoms with Gasteiger partial charge in [-0.1, -0.05) is 26.0 Å². The molecule has 0 aliphatic heterocycles. The fraction of sp³-hybridized carbons (Fsp3) is 0.611. The van der Waals surface area contributed by atoms with Crippen LogP contribution in [0.25, 0.3) is 0 Å². The number of nitrogens with one attached hydrogen (secondary N) is 2. The Hall–Kier alpha value is -1.91. The van der Waals surface area contributed by atoms with Gasteiger partial charge in [-0.2, -0.15) is 0 Å². The van der Waals surface area contributed by atoms with Gasteiger partial charge >= 0.3 is 6.09 Å². The molecule has 130 valence electrons. The lowest BCUT2D eigenvalue weighted by molar-refractivity contribution is 0.0516. The van der Waals surface area contributed by atoms with Crippen molar-refractivity contribution < 1.29 is 14.3 Å². The minimum Gasteiger partial charge on any atom is -0.495 e. The number of para-hydroxylation sites is 2. The number of ether oxygens (including phenoxy) is 2. The third-order valence-electron chi connectivity index (χ3n) is 3.51. The van der Waals surface area contributed by atoms with Crippen molar-refractivity contribution in [2.24, 2.45) is 11.8 Å². The van der Waals surface area contributed by atoms with E-state index in [9.17, 15) is 4.79 Å². The van der Waals surface area contributed by atoms with Crippen molar-refractivity contribution in [2.45, 2.75) is 40.2 Å². The van der Waals surface area contributed by atoms with Crippen molar-refractivity contribution >= 4 is 11.8 Å². The van der Waals surface area contributed by atoms with E-state index in [-0.39, 0.29) is 12.0 Å². The van der Waals surface area contributed by atoms with E-state index in [1.54, 1.807) is 7.11 Å². The van der Waals surface area contributed by atoms with Crippen LogP contribution in [-0.4, -0.2) is 31.9 Å². The molecule has 2 N–H and O–H groups in total. The monoisotopic (exact) mass is 322 g/mol. The van der Waals surface area contributed by atoms with E-state index in [0.29, 0.717) is 12.5 Å². The molecule has 1 aromatic carbocycles. The third-order valence-corrected chi connectivity index (χ3v) is 3.51. The van der Waals surface area contributed by atoms with Gasteiger partial charge in [0.25, 0.3) is 0 Å². The second kappa shape index (κ2) is 8.65. The average molecular weight is 322 g/mol. The Morgan fingerprint density at radius 1 is 1.17 bits per heavy atom. The smallest absolute Gasteiger partial charge is 0.407 e. The Morgan fingerprint density at radius 3 is 2.39 bits per heavy atom. The molecule has 0 radical (unpaired) electrons. The maximum atomic E-state index is 11.8. The van der Waals surface area contributed by atoms with Crippen LogP contribution in [0.2, 0.25) is 0 Å². The third kappa shape index (κ3) is 7.26. The molecule has 0 saturated heterocycles. The summed E-state index contributed by atoms with van der Waals surface area (Å²) in [6, 6.07) is 7.81. The number of amides is 1. The molecule has 23 heavy (non-hydrogen) atoms. The topological polar surface area (TPSA) is 59.6 Å². The van der Waals surface area contributed by atoms with Crippen LogP contribution < -0.4 is 15.4 Å². The fourth-order valence-electron chi connectivity index (χ4n) is 2.10. The van der Waals surface area contributed by atoms with Crippen LogP contribution in [0, 0.1) is 11.8 Å². The van der Waals surface area contributed by atoms with Gasteiger partial charge in [-0.3, -0.25) is 0 Å². The first-order chi connectivity index (χ1) is 10.7. The second-order valence-electron chi connectivity index (χ2n) is 6.97. The highest BCUT2D eigenvalue weighted by Crippen LogP contribution is 2.24. The first-order valence-electron chi connectivity index (χ1n) is 8.06. The first kappa shape index (κ1) is 19.1. The second-order valence-corrected chi connectivity index (χ2v) is 6.97. The molecule has 0 aliphatic carbocycles. The average Bonchev–Trinajstić information content (AvgIpc) is 2.45. The maximum Gasteiger partial charge on any atom is 0.407 e. The molecule has 1 unspecified atom stereocenters. The molecule has 0 spiro atoms. The van der Waals surface area contributed by atoms with Crippen LogP contribution in [0.5, 0.6) is 5.75 Å². The number of alkyl carbamates (subject to hydrolysis) is 1. The van der Waals surface area contributed by atoms with Gasteiger partial charge in [-0.05, 0) is 44.7 Å². The predicted octanol–water partition coefficient (Wildman–Crippen LogP) is 3.90. The van der Waals surface area contributed by atoms with Crippen LogP contribution in [0.4, 0.5) is 10.5 Å². The molecule has 5 heteroatoms. The molecule has 5 nitrogen and oxygen atoms in total. The lowest BCUT2D eigenvalue weighted by atomic mass is 9.95. The minimum absolute atomic E-state index is 0.285. The van der Waals surface area contributed by atoms with E-state index in [1.807, 2.05) is 45.0 Å². The highest BCUT2D eigenvalue weighted by atomic mass is 16.6. The highest BCUT2D eigenvalue weighted by Gasteiger charge is 2.19. The van der Waals surface area contributed by atoms with Gasteiger partial charge < -0.3 is 20.1 Å². The van der Waals surface area contributed by atoms with E-state index in [0.717, 1.165) is 18.0 Å². The van der Waals surface area contributed by atoms with E-state index in [4.69, 9.17) is 9.47 Å². The largest absolute Gasteiger partial charge is 0.495 e. The Morgan fingerprint density at radius 2 is 1.83 bits per heavy atom. The number of benzene rings is 1. The van der Waals surface area contributed by atoms with Gasteiger partial charge in [-0.15, -0.1) is 0 Å². The lowest BCUT2D eigenvalue weighted by Crippen LogP contribution is -2.38. The van der Waals surface area contributed by atoms with Gasteiger partial charge in [0.15, 0.2) is 0 Å². The first-order valence-corrected chi connectivity index (χ1v) is 8.06. The number of hydrogen-bond acceptors (Lipinski definition) is 4. The number of anilines is 1. The SMILES string of the molecule is COc1ccccc1NCC(CNC(=O)OC(C)(C)C)C(C)C. The van der Waals surface area contributed by atoms with Crippen molar-refractivity contribution in [3.8, 4) is 5.75 Å². The van der Waals surface area contributed by atoms with Gasteiger partial charge in [0.1, 0.15) is 11.4 Å². The van der Waals surface area contributed by atoms with Gasteiger partial charge in [0.05, 0.1) is 12.8 Å². The zero-order valence-electron chi connectivity index (χ0n) is 15.1. The Labute approximate surface area is 139 Å². The summed E-state index contributed by atoms with van der Waals surface area (Å²) in [6.07, 6.45) is -0.375. The summed E-state index contributed by atoms with van der Waals surface area (Å²) in [5.41, 5.74) is 0.477. The zero-order valence-corrected chi connectivity index (χ0v) is 15.1. The predicted molar refractivity (Wildman–Crippen MR) is 94.0 cm³/mol. The number of rotatable bonds is 7. The number of hydrogen-bond donors (Lipinski definition) is 2. The van der Waals surface area contributed by atoms with Crippen LogP contribution >= 0.6 is 0 Å². The lowest BCUT2D eigenvalue weighted by Gasteiger charge is -2.24. The van der Waals surface area contributed by atoms with Crippen LogP contribution in [-0.2, 0) is 4.74 Å². The summed E-state index contributed by atoms with van der Waals surface area (Å²) in [4.78, 5) is 11.8. The number of carbonyl (C=O) groups excluding carboxylic acids is 1. The molecule has 0 aliphatic rings. The Bertz CT molecular complexity index is 495. The van der Waals surface area contributed by atoms with Crippen molar-refractivity contribution in [1.82, 2.24) is 5.32 Å². The maximum absolute atomic E-state index is 11.8. The Kier molecular flexibility index (Phi) is 7.20. The van der Waals surface area contributed by atoms with Gasteiger partial charge in [0.2, 0.25) is 0 Å². The van der Waals surface area contributed by atoms with E-state index in [2.05, 4.69) is 24.5 Å². The Balaban J connectivity index is 2.54. The van der Waals surface area contributed by atoms with Crippen molar-refractivity contribution in [1.29, 1.82) is 0 Å². The van der Waals surface area contributed by atoms with Crippen molar-refractivity contribution in [2.75, 3.05) is 25.5 Å². The summed E-state index contributed by atoms with van der Waals surface area (Å²) in [5.74, 6) is 1.52. The van der Waals surface area contributed by atoms with Gasteiger partial charge in [-0.25, -0.2) is 4.79 Å². The standard InChI is InChI=1S/C18H30N2O3/c1-13(2)14(12-20-17(21)23-18(3,4)5)11-19-15-9-7-8-10-16(15)22-6/h7-10,13-14,19H,11-12H2,1-6H3,(H,20,21). The fourth-order valence-corrected chi connectivity index (χ4v) is 2.10. The quantitative estimate of drug-likeness (QED) is 0.799. The normalized spacial score (nSPS) is 12.7. The minimum atomic E-state index is -0.479. The van der Waals surface area contributed by atoms with Crippen LogP contribution in [0.3, 0.4) is 0 Å². The molecule has 1 rings (SSSR count). The molecular weight excluding hydrogens is 292 g/mol. The number of carbonyl (C=O) groups is 1. The zero-order chi connectivity index (χ0) is 17.5. The molecule has 1 amide bonds. The van der Waals surface area contributed by atoms with E-state index >= 15 is 0 Å². The molecule has 0 bridgehead atoms. The summed E-state index contributed by atoms with van der Waals surface area (Å²) in [7, 11) is 1.66. The molecule has 0 fully saturated rings. The summed E-state index contributed by atoms with van der Waals surface area (Å²) in [6.45, 7) is 11.2. The number of methoxy groups -OCH3 is 1. The van der Waals surface area contributed by atoms with E-state index in [1.165, 1.54) is 0 Å². The van der Waals surface area contributed by atoms with Crippen molar-refractivity contribution in [3.63, 3.8) is 0 Å². The van der Waals surface area contributed by atoms with Crippen LogP contribution in [0.1, 0.15) is 34.6 Å². The highest BCUT2D eigenvalue weighted by molar-refractivity contribution is 5.67.